The third-order valence-electron chi connectivity index (χ3n) is 4.59. The molecular weight excluding hydrogens is 248 g/mol. The first-order chi connectivity index (χ1) is 8.56. The summed E-state index contributed by atoms with van der Waals surface area (Å²) in [6.07, 6.45) is 6.72. The maximum atomic E-state index is 6.23. The van der Waals surface area contributed by atoms with Gasteiger partial charge in [-0.2, -0.15) is 0 Å². The molecule has 0 N–H and O–H groups in total. The van der Waals surface area contributed by atoms with Crippen LogP contribution in [0.4, 0.5) is 0 Å². The summed E-state index contributed by atoms with van der Waals surface area (Å²) in [6, 6.07) is 0. The SMILES string of the molecule is CC(C)CCC[C@@H](C)CCCO[Si](C)(C)C(C)(C)C. The van der Waals surface area contributed by atoms with Gasteiger partial charge in [0, 0.05) is 6.61 Å². The summed E-state index contributed by atoms with van der Waals surface area (Å²) in [7, 11) is -1.52. The zero-order chi connectivity index (χ0) is 15.1. The minimum absolute atomic E-state index is 0.343. The third-order valence-corrected chi connectivity index (χ3v) is 9.13. The molecule has 0 saturated carbocycles. The summed E-state index contributed by atoms with van der Waals surface area (Å²) < 4.78 is 6.23. The predicted molar refractivity (Wildman–Crippen MR) is 90.2 cm³/mol. The Balaban J connectivity index is 3.69. The Labute approximate surface area is 123 Å². The lowest BCUT2D eigenvalue weighted by molar-refractivity contribution is 0.267. The fourth-order valence-electron chi connectivity index (χ4n) is 1.99. The highest BCUT2D eigenvalue weighted by molar-refractivity contribution is 6.74. The van der Waals surface area contributed by atoms with E-state index in [0.29, 0.717) is 5.04 Å². The Kier molecular flexibility index (Phi) is 8.54. The molecular formula is C17H38OSi. The van der Waals surface area contributed by atoms with Gasteiger partial charge in [-0.3, -0.25) is 0 Å². The summed E-state index contributed by atoms with van der Waals surface area (Å²) in [5, 5.41) is 0.343. The predicted octanol–water partition coefficient (Wildman–Crippen LogP) is 6.25. The molecule has 0 unspecified atom stereocenters. The van der Waals surface area contributed by atoms with Crippen molar-refractivity contribution in [1.29, 1.82) is 0 Å². The summed E-state index contributed by atoms with van der Waals surface area (Å²) in [4.78, 5) is 0. The lowest BCUT2D eigenvalue weighted by Gasteiger charge is -2.36. The van der Waals surface area contributed by atoms with E-state index in [1.807, 2.05) is 0 Å². The van der Waals surface area contributed by atoms with Crippen LogP contribution in [0.15, 0.2) is 0 Å². The van der Waals surface area contributed by atoms with Crippen molar-refractivity contribution in [2.45, 2.75) is 91.8 Å². The lowest BCUT2D eigenvalue weighted by Crippen LogP contribution is -2.41. The molecule has 0 amide bonds. The van der Waals surface area contributed by atoms with E-state index in [2.05, 4.69) is 54.6 Å². The van der Waals surface area contributed by atoms with Crippen molar-refractivity contribution >= 4 is 8.32 Å². The van der Waals surface area contributed by atoms with Crippen LogP contribution in [0.25, 0.3) is 0 Å². The third kappa shape index (κ3) is 8.86. The molecule has 1 atom stereocenters. The van der Waals surface area contributed by atoms with Gasteiger partial charge in [-0.15, -0.1) is 0 Å². The first kappa shape index (κ1) is 19.2. The Morgan fingerprint density at radius 2 is 1.42 bits per heavy atom. The maximum Gasteiger partial charge on any atom is 0.191 e. The smallest absolute Gasteiger partial charge is 0.191 e. The fraction of sp³-hybridized carbons (Fsp3) is 1.00. The van der Waals surface area contributed by atoms with Gasteiger partial charge < -0.3 is 4.43 Å². The Bertz CT molecular complexity index is 228. The highest BCUT2D eigenvalue weighted by atomic mass is 28.4. The highest BCUT2D eigenvalue weighted by Gasteiger charge is 2.36. The largest absolute Gasteiger partial charge is 0.417 e. The monoisotopic (exact) mass is 286 g/mol. The summed E-state index contributed by atoms with van der Waals surface area (Å²) >= 11 is 0. The minimum Gasteiger partial charge on any atom is -0.417 e. The summed E-state index contributed by atoms with van der Waals surface area (Å²) in [6.45, 7) is 19.6. The second-order valence-corrected chi connectivity index (χ2v) is 13.0. The zero-order valence-electron chi connectivity index (χ0n) is 14.8. The van der Waals surface area contributed by atoms with Gasteiger partial charge >= 0.3 is 0 Å². The number of rotatable bonds is 9. The lowest BCUT2D eigenvalue weighted by atomic mass is 9.96. The normalized spacial score (nSPS) is 15.0. The molecule has 0 radical (unpaired) electrons. The van der Waals surface area contributed by atoms with Crippen LogP contribution in [0.2, 0.25) is 18.1 Å². The second-order valence-electron chi connectivity index (χ2n) is 8.18. The topological polar surface area (TPSA) is 9.23 Å². The van der Waals surface area contributed by atoms with Crippen molar-refractivity contribution in [1.82, 2.24) is 0 Å². The highest BCUT2D eigenvalue weighted by Crippen LogP contribution is 2.36. The van der Waals surface area contributed by atoms with Crippen molar-refractivity contribution < 1.29 is 4.43 Å². The molecule has 0 heterocycles. The van der Waals surface area contributed by atoms with E-state index in [9.17, 15) is 0 Å². The molecule has 0 saturated heterocycles. The molecule has 1 nitrogen and oxygen atoms in total. The van der Waals surface area contributed by atoms with E-state index in [0.717, 1.165) is 18.4 Å². The van der Waals surface area contributed by atoms with Crippen LogP contribution >= 0.6 is 0 Å². The quantitative estimate of drug-likeness (QED) is 0.359. The van der Waals surface area contributed by atoms with Gasteiger partial charge in [-0.05, 0) is 42.8 Å². The summed E-state index contributed by atoms with van der Waals surface area (Å²) in [5.41, 5.74) is 0. The molecule has 2 heteroatoms. The van der Waals surface area contributed by atoms with Crippen molar-refractivity contribution in [3.05, 3.63) is 0 Å². The number of hydrogen-bond donors (Lipinski definition) is 0. The van der Waals surface area contributed by atoms with E-state index in [-0.39, 0.29) is 0 Å². The standard InChI is InChI=1S/C17H38OSi/c1-15(2)11-9-12-16(3)13-10-14-18-19(7,8)17(4,5)6/h15-16H,9-14H2,1-8H3/t16-/m1/s1. The van der Waals surface area contributed by atoms with Gasteiger partial charge in [0.2, 0.25) is 0 Å². The van der Waals surface area contributed by atoms with Crippen molar-refractivity contribution in [2.24, 2.45) is 11.8 Å². The molecule has 19 heavy (non-hydrogen) atoms. The van der Waals surface area contributed by atoms with E-state index in [1.54, 1.807) is 0 Å². The van der Waals surface area contributed by atoms with Crippen LogP contribution < -0.4 is 0 Å². The van der Waals surface area contributed by atoms with E-state index in [1.165, 1.54) is 32.1 Å². The van der Waals surface area contributed by atoms with Crippen molar-refractivity contribution in [3.8, 4) is 0 Å². The average molecular weight is 287 g/mol. The Morgan fingerprint density at radius 3 is 1.89 bits per heavy atom. The number of hydrogen-bond acceptors (Lipinski definition) is 1. The molecule has 0 aliphatic carbocycles. The second kappa shape index (κ2) is 8.46. The van der Waals surface area contributed by atoms with Gasteiger partial charge in [0.1, 0.15) is 0 Å². The first-order valence-electron chi connectivity index (χ1n) is 8.20. The Hall–Kier alpha value is 0.177. The minimum atomic E-state index is -1.52. The Morgan fingerprint density at radius 1 is 0.895 bits per heavy atom. The van der Waals surface area contributed by atoms with Crippen LogP contribution in [0.3, 0.4) is 0 Å². The molecule has 0 bridgehead atoms. The van der Waals surface area contributed by atoms with Gasteiger partial charge in [-0.1, -0.05) is 60.8 Å². The van der Waals surface area contributed by atoms with Gasteiger partial charge in [0.05, 0.1) is 0 Å². The zero-order valence-corrected chi connectivity index (χ0v) is 15.8. The van der Waals surface area contributed by atoms with E-state index in [4.69, 9.17) is 4.43 Å². The van der Waals surface area contributed by atoms with Gasteiger partial charge in [0.15, 0.2) is 8.32 Å². The van der Waals surface area contributed by atoms with Gasteiger partial charge in [-0.25, -0.2) is 0 Å². The average Bonchev–Trinajstić information content (AvgIpc) is 2.22. The molecule has 0 aromatic carbocycles. The molecule has 0 rings (SSSR count). The van der Waals surface area contributed by atoms with E-state index >= 15 is 0 Å². The van der Waals surface area contributed by atoms with Crippen LogP contribution in [-0.2, 0) is 4.43 Å². The molecule has 116 valence electrons. The van der Waals surface area contributed by atoms with E-state index < -0.39 is 8.32 Å². The molecule has 0 fully saturated rings. The van der Waals surface area contributed by atoms with Crippen LogP contribution in [0, 0.1) is 11.8 Å². The van der Waals surface area contributed by atoms with Crippen LogP contribution in [-0.4, -0.2) is 14.9 Å². The molecule has 0 aliphatic heterocycles. The van der Waals surface area contributed by atoms with Crippen LogP contribution in [0.5, 0.6) is 0 Å². The van der Waals surface area contributed by atoms with Gasteiger partial charge in [0.25, 0.3) is 0 Å². The molecule has 0 spiro atoms. The summed E-state index contributed by atoms with van der Waals surface area (Å²) in [5.74, 6) is 1.72. The first-order valence-corrected chi connectivity index (χ1v) is 11.1. The van der Waals surface area contributed by atoms with Crippen molar-refractivity contribution in [3.63, 3.8) is 0 Å². The molecule has 0 aliphatic rings. The molecule has 0 aromatic rings. The van der Waals surface area contributed by atoms with Crippen molar-refractivity contribution in [2.75, 3.05) is 6.61 Å². The fourth-order valence-corrected chi connectivity index (χ4v) is 3.08. The van der Waals surface area contributed by atoms with Crippen LogP contribution in [0.1, 0.15) is 73.6 Å². The molecule has 0 aromatic heterocycles. The maximum absolute atomic E-state index is 6.23.